The van der Waals surface area contributed by atoms with Crippen LogP contribution in [0.4, 0.5) is 0 Å². The molecule has 0 radical (unpaired) electrons. The van der Waals surface area contributed by atoms with Gasteiger partial charge in [0.15, 0.2) is 0 Å². The molecule has 0 spiro atoms. The Morgan fingerprint density at radius 2 is 2.00 bits per heavy atom. The molecule has 1 aromatic rings. The predicted octanol–water partition coefficient (Wildman–Crippen LogP) is 1.38. The van der Waals surface area contributed by atoms with Crippen molar-refractivity contribution in [2.24, 2.45) is 0 Å². The van der Waals surface area contributed by atoms with Gasteiger partial charge in [0.05, 0.1) is 0 Å². The van der Waals surface area contributed by atoms with Crippen LogP contribution in [0.5, 0.6) is 0 Å². The van der Waals surface area contributed by atoms with Crippen molar-refractivity contribution < 1.29 is 14.0 Å². The average Bonchev–Trinajstić information content (AvgIpc) is 2.27. The molecule has 3 nitrogen and oxygen atoms in total. The molecule has 15 heavy (non-hydrogen) atoms. The lowest BCUT2D eigenvalue weighted by Crippen LogP contribution is -2.29. The summed E-state index contributed by atoms with van der Waals surface area (Å²) in [6.45, 7) is 1.97. The van der Waals surface area contributed by atoms with Crippen molar-refractivity contribution in [1.29, 1.82) is 0 Å². The van der Waals surface area contributed by atoms with Crippen LogP contribution < -0.4 is 0 Å². The number of methoxy groups -OCH3 is 1. The largest absolute Gasteiger partial charge is 0.413 e. The Morgan fingerprint density at radius 3 is 2.53 bits per heavy atom. The van der Waals surface area contributed by atoms with Gasteiger partial charge in [0, 0.05) is 13.2 Å². The van der Waals surface area contributed by atoms with E-state index in [1.807, 2.05) is 37.3 Å². The quantitative estimate of drug-likeness (QED) is 0.588. The summed E-state index contributed by atoms with van der Waals surface area (Å²) in [5, 5.41) is 0. The summed E-state index contributed by atoms with van der Waals surface area (Å²) in [5.41, 5.74) is 1.11. The molecule has 0 saturated heterocycles. The molecular weight excluding hydrogens is 208 g/mol. The minimum absolute atomic E-state index is 0.268. The Balaban J connectivity index is 2.39. The predicted molar refractivity (Wildman–Crippen MR) is 61.7 cm³/mol. The number of hydrogen-bond acceptors (Lipinski definition) is 3. The molecule has 0 aliphatic heterocycles. The molecular formula is C11H18O3Si. The van der Waals surface area contributed by atoms with Gasteiger partial charge >= 0.3 is 9.28 Å². The van der Waals surface area contributed by atoms with E-state index >= 15 is 0 Å². The molecule has 0 amide bonds. The molecule has 1 rings (SSSR count). The standard InChI is InChI=1S/C11H18O3Si/c1-3-11(13-2)14-15(12)9-10-7-5-4-6-8-10/h4-8,11-12,15H,3,9H2,1-2H3. The Labute approximate surface area is 92.5 Å². The highest BCUT2D eigenvalue weighted by Crippen LogP contribution is 2.05. The Kier molecular flexibility index (Phi) is 5.56. The maximum absolute atomic E-state index is 9.77. The minimum Gasteiger partial charge on any atom is -0.413 e. The van der Waals surface area contributed by atoms with Gasteiger partial charge in [0.1, 0.15) is 6.29 Å². The van der Waals surface area contributed by atoms with Crippen molar-refractivity contribution in [1.82, 2.24) is 0 Å². The molecule has 0 saturated carbocycles. The van der Waals surface area contributed by atoms with Crippen LogP contribution in [0.3, 0.4) is 0 Å². The van der Waals surface area contributed by atoms with Crippen LogP contribution in [0.1, 0.15) is 18.9 Å². The summed E-state index contributed by atoms with van der Waals surface area (Å²) in [7, 11) is -0.552. The van der Waals surface area contributed by atoms with Crippen LogP contribution in [0.25, 0.3) is 0 Å². The van der Waals surface area contributed by atoms with E-state index in [1.54, 1.807) is 7.11 Å². The Bertz CT molecular complexity index is 262. The van der Waals surface area contributed by atoms with Crippen LogP contribution in [0.15, 0.2) is 30.3 Å². The monoisotopic (exact) mass is 226 g/mol. The summed E-state index contributed by atoms with van der Waals surface area (Å²) in [6.07, 6.45) is 0.491. The minimum atomic E-state index is -2.15. The Hall–Kier alpha value is -0.683. The SMILES string of the molecule is CCC(OC)O[SiH](O)Cc1ccccc1. The van der Waals surface area contributed by atoms with Gasteiger partial charge < -0.3 is 14.0 Å². The topological polar surface area (TPSA) is 38.7 Å². The van der Waals surface area contributed by atoms with Gasteiger partial charge in [-0.15, -0.1) is 0 Å². The first-order valence-corrected chi connectivity index (χ1v) is 6.97. The zero-order valence-electron chi connectivity index (χ0n) is 9.22. The highest BCUT2D eigenvalue weighted by atomic mass is 28.3. The molecule has 1 aromatic carbocycles. The van der Waals surface area contributed by atoms with Gasteiger partial charge in [-0.25, -0.2) is 0 Å². The summed E-state index contributed by atoms with van der Waals surface area (Å²) in [4.78, 5) is 9.77. The number of rotatable bonds is 6. The van der Waals surface area contributed by atoms with Gasteiger partial charge in [0.25, 0.3) is 0 Å². The molecule has 2 atom stereocenters. The highest BCUT2D eigenvalue weighted by molar-refractivity contribution is 6.42. The molecule has 0 aliphatic carbocycles. The highest BCUT2D eigenvalue weighted by Gasteiger charge is 2.14. The van der Waals surface area contributed by atoms with Crippen molar-refractivity contribution in [3.05, 3.63) is 35.9 Å². The molecule has 0 bridgehead atoms. The van der Waals surface area contributed by atoms with E-state index in [1.165, 1.54) is 0 Å². The van der Waals surface area contributed by atoms with Crippen molar-refractivity contribution in [2.75, 3.05) is 7.11 Å². The lowest BCUT2D eigenvalue weighted by molar-refractivity contribution is -0.0671. The van der Waals surface area contributed by atoms with Crippen LogP contribution in [0.2, 0.25) is 0 Å². The van der Waals surface area contributed by atoms with Crippen molar-refractivity contribution >= 4 is 9.28 Å². The third kappa shape index (κ3) is 4.57. The average molecular weight is 226 g/mol. The first-order chi connectivity index (χ1) is 7.26. The van der Waals surface area contributed by atoms with E-state index in [2.05, 4.69) is 0 Å². The van der Waals surface area contributed by atoms with E-state index < -0.39 is 9.28 Å². The first-order valence-electron chi connectivity index (χ1n) is 5.16. The second-order valence-corrected chi connectivity index (χ2v) is 4.94. The number of benzene rings is 1. The van der Waals surface area contributed by atoms with E-state index in [0.29, 0.717) is 6.04 Å². The molecule has 84 valence electrons. The van der Waals surface area contributed by atoms with Gasteiger partial charge in [0.2, 0.25) is 0 Å². The smallest absolute Gasteiger partial charge is 0.325 e. The van der Waals surface area contributed by atoms with E-state index in [9.17, 15) is 4.80 Å². The summed E-state index contributed by atoms with van der Waals surface area (Å²) in [5.74, 6) is 0. The van der Waals surface area contributed by atoms with Gasteiger partial charge in [-0.05, 0) is 12.0 Å². The zero-order chi connectivity index (χ0) is 11.1. The van der Waals surface area contributed by atoms with Crippen molar-refractivity contribution in [2.45, 2.75) is 25.7 Å². The second kappa shape index (κ2) is 6.74. The molecule has 0 heterocycles. The molecule has 4 heteroatoms. The maximum Gasteiger partial charge on any atom is 0.325 e. The fraction of sp³-hybridized carbons (Fsp3) is 0.455. The van der Waals surface area contributed by atoms with Gasteiger partial charge in [-0.2, -0.15) is 0 Å². The summed E-state index contributed by atoms with van der Waals surface area (Å²) >= 11 is 0. The molecule has 0 aliphatic rings. The molecule has 1 N–H and O–H groups in total. The van der Waals surface area contributed by atoms with Crippen LogP contribution in [-0.2, 0) is 15.2 Å². The fourth-order valence-electron chi connectivity index (χ4n) is 1.36. The Morgan fingerprint density at radius 1 is 1.33 bits per heavy atom. The van der Waals surface area contributed by atoms with E-state index in [4.69, 9.17) is 9.16 Å². The van der Waals surface area contributed by atoms with Crippen LogP contribution in [0, 0.1) is 0 Å². The molecule has 0 fully saturated rings. The lowest BCUT2D eigenvalue weighted by Gasteiger charge is -2.17. The second-order valence-electron chi connectivity index (χ2n) is 3.35. The van der Waals surface area contributed by atoms with Crippen molar-refractivity contribution in [3.8, 4) is 0 Å². The third-order valence-electron chi connectivity index (χ3n) is 2.16. The van der Waals surface area contributed by atoms with Gasteiger partial charge in [-0.3, -0.25) is 0 Å². The molecule has 0 aromatic heterocycles. The normalized spacial score (nSPS) is 14.9. The summed E-state index contributed by atoms with van der Waals surface area (Å²) in [6, 6.07) is 10.5. The first kappa shape index (κ1) is 12.4. The van der Waals surface area contributed by atoms with E-state index in [-0.39, 0.29) is 6.29 Å². The third-order valence-corrected chi connectivity index (χ3v) is 3.60. The van der Waals surface area contributed by atoms with Crippen LogP contribution >= 0.6 is 0 Å². The van der Waals surface area contributed by atoms with Crippen molar-refractivity contribution in [3.63, 3.8) is 0 Å². The van der Waals surface area contributed by atoms with Gasteiger partial charge in [-0.1, -0.05) is 37.3 Å². The number of hydrogen-bond donors (Lipinski definition) is 1. The fourth-order valence-corrected chi connectivity index (χ4v) is 2.78. The van der Waals surface area contributed by atoms with Crippen LogP contribution in [-0.4, -0.2) is 27.5 Å². The molecule has 2 unspecified atom stereocenters. The maximum atomic E-state index is 9.77. The summed E-state index contributed by atoms with van der Waals surface area (Å²) < 4.78 is 10.5. The number of ether oxygens (including phenoxy) is 1. The zero-order valence-corrected chi connectivity index (χ0v) is 10.4. The van der Waals surface area contributed by atoms with E-state index in [0.717, 1.165) is 12.0 Å². The lowest BCUT2D eigenvalue weighted by atomic mass is 10.2.